The molecule has 1 N–H and O–H groups in total. The summed E-state index contributed by atoms with van der Waals surface area (Å²) in [6.45, 7) is 1.11. The molecule has 1 heterocycles. The molecule has 0 spiro atoms. The first-order chi connectivity index (χ1) is 13.1. The van der Waals surface area contributed by atoms with Crippen molar-refractivity contribution in [1.82, 2.24) is 5.43 Å². The van der Waals surface area contributed by atoms with Crippen molar-refractivity contribution in [2.45, 2.75) is 6.42 Å². The van der Waals surface area contributed by atoms with Crippen LogP contribution in [0.15, 0.2) is 35.4 Å². The normalized spacial score (nSPS) is 13.1. The molecule has 1 aliphatic rings. The minimum Gasteiger partial charge on any atom is -0.493 e. The van der Waals surface area contributed by atoms with Crippen LogP contribution in [0.25, 0.3) is 0 Å². The summed E-state index contributed by atoms with van der Waals surface area (Å²) in [4.78, 5) is 12.3. The van der Waals surface area contributed by atoms with Gasteiger partial charge in [-0.25, -0.2) is 5.43 Å². The molecule has 1 amide bonds. The Kier molecular flexibility index (Phi) is 6.03. The Morgan fingerprint density at radius 2 is 1.93 bits per heavy atom. The number of rotatable bonds is 5. The molecule has 8 heteroatoms. The first kappa shape index (κ1) is 18.8. The third-order valence-corrected chi connectivity index (χ3v) is 4.13. The Morgan fingerprint density at radius 3 is 2.70 bits per heavy atom. The number of carbonyl (C=O) groups is 1. The van der Waals surface area contributed by atoms with Crippen LogP contribution in [0.1, 0.15) is 22.3 Å². The van der Waals surface area contributed by atoms with Gasteiger partial charge in [-0.2, -0.15) is 5.10 Å². The van der Waals surface area contributed by atoms with E-state index in [4.69, 9.17) is 30.5 Å². The summed E-state index contributed by atoms with van der Waals surface area (Å²) in [5, 5.41) is 4.41. The summed E-state index contributed by atoms with van der Waals surface area (Å²) in [5.41, 5.74) is 3.54. The number of nitrogens with one attached hydrogen (secondary N) is 1. The van der Waals surface area contributed by atoms with Crippen LogP contribution in [0, 0.1) is 0 Å². The highest BCUT2D eigenvalue weighted by Gasteiger charge is 2.15. The number of benzene rings is 2. The van der Waals surface area contributed by atoms with Gasteiger partial charge in [0.25, 0.3) is 5.91 Å². The van der Waals surface area contributed by atoms with Crippen LogP contribution >= 0.6 is 11.6 Å². The van der Waals surface area contributed by atoms with E-state index in [2.05, 4.69) is 10.5 Å². The lowest BCUT2D eigenvalue weighted by Crippen LogP contribution is -2.17. The molecule has 1 aliphatic heterocycles. The Balaban J connectivity index is 1.71. The molecule has 3 rings (SSSR count). The first-order valence-corrected chi connectivity index (χ1v) is 8.64. The third-order valence-electron chi connectivity index (χ3n) is 3.85. The van der Waals surface area contributed by atoms with Gasteiger partial charge in [-0.05, 0) is 35.9 Å². The van der Waals surface area contributed by atoms with Crippen molar-refractivity contribution in [2.75, 3.05) is 27.4 Å². The second-order valence-corrected chi connectivity index (χ2v) is 6.06. The molecule has 142 valence electrons. The van der Waals surface area contributed by atoms with E-state index < -0.39 is 0 Å². The largest absolute Gasteiger partial charge is 0.493 e. The van der Waals surface area contributed by atoms with E-state index in [0.717, 1.165) is 6.42 Å². The minimum absolute atomic E-state index is 0.382. The first-order valence-electron chi connectivity index (χ1n) is 8.27. The molecular formula is C19H19ClN2O5. The standard InChI is InChI=1S/C19H19ClN2O5/c1-24-15-5-4-13(10-16(15)25-2)19(23)22-21-11-12-8-14(20)18-17(9-12)26-6-3-7-27-18/h4-5,8-11H,3,6-7H2,1-2H3,(H,22,23)/b21-11-. The number of amides is 1. The summed E-state index contributed by atoms with van der Waals surface area (Å²) < 4.78 is 21.6. The number of halogens is 1. The van der Waals surface area contributed by atoms with Gasteiger partial charge in [0.05, 0.1) is 38.7 Å². The lowest BCUT2D eigenvalue weighted by Gasteiger charge is -2.10. The van der Waals surface area contributed by atoms with Crippen LogP contribution < -0.4 is 24.4 Å². The molecule has 0 aromatic heterocycles. The maximum Gasteiger partial charge on any atom is 0.271 e. The van der Waals surface area contributed by atoms with Crippen LogP contribution in [0.3, 0.4) is 0 Å². The van der Waals surface area contributed by atoms with Gasteiger partial charge in [0, 0.05) is 12.0 Å². The number of hydrazone groups is 1. The van der Waals surface area contributed by atoms with Crippen molar-refractivity contribution in [1.29, 1.82) is 0 Å². The third kappa shape index (κ3) is 4.43. The molecule has 0 fully saturated rings. The molecule has 0 saturated heterocycles. The van der Waals surface area contributed by atoms with Gasteiger partial charge >= 0.3 is 0 Å². The Bertz CT molecular complexity index is 869. The van der Waals surface area contributed by atoms with Crippen LogP contribution in [0.4, 0.5) is 0 Å². The van der Waals surface area contributed by atoms with E-state index in [-0.39, 0.29) is 5.91 Å². The predicted octanol–water partition coefficient (Wildman–Crippen LogP) is 3.28. The van der Waals surface area contributed by atoms with Crippen molar-refractivity contribution < 1.29 is 23.7 Å². The molecule has 7 nitrogen and oxygen atoms in total. The van der Waals surface area contributed by atoms with Gasteiger partial charge in [0.15, 0.2) is 23.0 Å². The molecular weight excluding hydrogens is 372 g/mol. The predicted molar refractivity (Wildman–Crippen MR) is 102 cm³/mol. The highest BCUT2D eigenvalue weighted by Crippen LogP contribution is 2.37. The zero-order chi connectivity index (χ0) is 19.2. The fourth-order valence-corrected chi connectivity index (χ4v) is 2.81. The smallest absolute Gasteiger partial charge is 0.271 e. The summed E-state index contributed by atoms with van der Waals surface area (Å²) in [7, 11) is 3.04. The van der Waals surface area contributed by atoms with E-state index in [0.29, 0.717) is 52.4 Å². The maximum absolute atomic E-state index is 12.3. The molecule has 0 unspecified atom stereocenters. The molecule has 2 aromatic carbocycles. The number of nitrogens with zero attached hydrogens (tertiary/aromatic N) is 1. The molecule has 0 atom stereocenters. The number of carbonyl (C=O) groups excluding carboxylic acids is 1. The van der Waals surface area contributed by atoms with Crippen LogP contribution in [-0.2, 0) is 0 Å². The highest BCUT2D eigenvalue weighted by atomic mass is 35.5. The molecule has 0 radical (unpaired) electrons. The van der Waals surface area contributed by atoms with Gasteiger partial charge in [0.2, 0.25) is 0 Å². The Labute approximate surface area is 161 Å². The second-order valence-electron chi connectivity index (χ2n) is 5.65. The summed E-state index contributed by atoms with van der Waals surface area (Å²) in [6.07, 6.45) is 2.27. The van der Waals surface area contributed by atoms with E-state index >= 15 is 0 Å². The van der Waals surface area contributed by atoms with Crippen molar-refractivity contribution in [2.24, 2.45) is 5.10 Å². The summed E-state index contributed by atoms with van der Waals surface area (Å²) >= 11 is 6.24. The van der Waals surface area contributed by atoms with E-state index in [9.17, 15) is 4.79 Å². The SMILES string of the molecule is COc1ccc(C(=O)N/N=C\c2cc(Cl)c3c(c2)OCCCO3)cc1OC. The topological polar surface area (TPSA) is 78.4 Å². The number of hydrogen-bond donors (Lipinski definition) is 1. The maximum atomic E-state index is 12.3. The number of methoxy groups -OCH3 is 2. The number of ether oxygens (including phenoxy) is 4. The highest BCUT2D eigenvalue weighted by molar-refractivity contribution is 6.32. The van der Waals surface area contributed by atoms with Gasteiger partial charge in [-0.1, -0.05) is 11.6 Å². The fraction of sp³-hybridized carbons (Fsp3) is 0.263. The van der Waals surface area contributed by atoms with E-state index in [1.54, 1.807) is 30.3 Å². The van der Waals surface area contributed by atoms with E-state index in [1.807, 2.05) is 0 Å². The van der Waals surface area contributed by atoms with Crippen molar-refractivity contribution in [3.63, 3.8) is 0 Å². The van der Waals surface area contributed by atoms with Crippen LogP contribution in [0.2, 0.25) is 5.02 Å². The number of fused-ring (bicyclic) bond motifs is 1. The second kappa shape index (κ2) is 8.64. The van der Waals surface area contributed by atoms with Gasteiger partial charge in [-0.15, -0.1) is 0 Å². The molecule has 2 aromatic rings. The average molecular weight is 391 g/mol. The fourth-order valence-electron chi connectivity index (χ4n) is 2.53. The molecule has 0 bridgehead atoms. The molecule has 0 aliphatic carbocycles. The van der Waals surface area contributed by atoms with Gasteiger partial charge in [-0.3, -0.25) is 4.79 Å². The van der Waals surface area contributed by atoms with Crippen LogP contribution in [0.5, 0.6) is 23.0 Å². The minimum atomic E-state index is -0.382. The summed E-state index contributed by atoms with van der Waals surface area (Å²) in [5.74, 6) is 1.71. The van der Waals surface area contributed by atoms with Crippen molar-refractivity contribution in [3.05, 3.63) is 46.5 Å². The van der Waals surface area contributed by atoms with Gasteiger partial charge < -0.3 is 18.9 Å². The Morgan fingerprint density at radius 1 is 1.15 bits per heavy atom. The van der Waals surface area contributed by atoms with E-state index in [1.165, 1.54) is 20.4 Å². The molecule has 27 heavy (non-hydrogen) atoms. The zero-order valence-corrected chi connectivity index (χ0v) is 15.7. The average Bonchev–Trinajstić information content (AvgIpc) is 2.93. The van der Waals surface area contributed by atoms with Gasteiger partial charge in [0.1, 0.15) is 0 Å². The van der Waals surface area contributed by atoms with Crippen molar-refractivity contribution >= 4 is 23.7 Å². The lowest BCUT2D eigenvalue weighted by molar-refractivity contribution is 0.0954. The molecule has 0 saturated carbocycles. The quantitative estimate of drug-likeness (QED) is 0.626. The zero-order valence-electron chi connectivity index (χ0n) is 15.0. The van der Waals surface area contributed by atoms with Crippen molar-refractivity contribution in [3.8, 4) is 23.0 Å². The van der Waals surface area contributed by atoms with Crippen LogP contribution in [-0.4, -0.2) is 39.6 Å². The monoisotopic (exact) mass is 390 g/mol. The lowest BCUT2D eigenvalue weighted by atomic mass is 10.2. The summed E-state index contributed by atoms with van der Waals surface area (Å²) in [6, 6.07) is 8.31. The number of hydrogen-bond acceptors (Lipinski definition) is 6. The Hall–Kier alpha value is -2.93.